The molecule has 27 heavy (non-hydrogen) atoms. The lowest BCUT2D eigenvalue weighted by Gasteiger charge is -2.42. The molecule has 0 unspecified atom stereocenters. The molecule has 4 rings (SSSR count). The lowest BCUT2D eigenvalue weighted by atomic mass is 9.92. The van der Waals surface area contributed by atoms with Gasteiger partial charge in [0.05, 0.1) is 17.7 Å². The SMILES string of the molecule is Cc1occc1C(=O)N1CCC(N2CCC[C@@H](C(=O)N3CCCC3)C2)CC1. The maximum Gasteiger partial charge on any atom is 0.257 e. The second-order valence-electron chi connectivity index (χ2n) is 8.28. The van der Waals surface area contributed by atoms with Gasteiger partial charge in [0.2, 0.25) is 5.91 Å². The lowest BCUT2D eigenvalue weighted by Crippen LogP contribution is -2.51. The topological polar surface area (TPSA) is 57.0 Å². The van der Waals surface area contributed by atoms with Crippen molar-refractivity contribution in [2.24, 2.45) is 5.92 Å². The van der Waals surface area contributed by atoms with Crippen molar-refractivity contribution in [3.63, 3.8) is 0 Å². The number of hydrogen-bond donors (Lipinski definition) is 0. The van der Waals surface area contributed by atoms with Gasteiger partial charge in [0.25, 0.3) is 5.91 Å². The number of nitrogens with zero attached hydrogens (tertiary/aromatic N) is 3. The third-order valence-electron chi connectivity index (χ3n) is 6.58. The van der Waals surface area contributed by atoms with Crippen LogP contribution in [0.15, 0.2) is 16.7 Å². The summed E-state index contributed by atoms with van der Waals surface area (Å²) in [5.74, 6) is 1.33. The van der Waals surface area contributed by atoms with Gasteiger partial charge in [-0.2, -0.15) is 0 Å². The molecule has 3 saturated heterocycles. The number of hydrogen-bond acceptors (Lipinski definition) is 4. The molecule has 0 aromatic carbocycles. The van der Waals surface area contributed by atoms with Crippen LogP contribution in [0.4, 0.5) is 0 Å². The summed E-state index contributed by atoms with van der Waals surface area (Å²) < 4.78 is 5.28. The first-order valence-corrected chi connectivity index (χ1v) is 10.5. The quantitative estimate of drug-likeness (QED) is 0.817. The van der Waals surface area contributed by atoms with E-state index < -0.39 is 0 Å². The van der Waals surface area contributed by atoms with Crippen LogP contribution in [0, 0.1) is 12.8 Å². The van der Waals surface area contributed by atoms with Crippen LogP contribution >= 0.6 is 0 Å². The fourth-order valence-electron chi connectivity index (χ4n) is 4.95. The van der Waals surface area contributed by atoms with Gasteiger partial charge in [-0.25, -0.2) is 0 Å². The number of furan rings is 1. The molecule has 0 bridgehead atoms. The van der Waals surface area contributed by atoms with Crippen LogP contribution in [-0.2, 0) is 4.79 Å². The average molecular weight is 373 g/mol. The molecule has 0 aliphatic carbocycles. The largest absolute Gasteiger partial charge is 0.469 e. The van der Waals surface area contributed by atoms with Crippen LogP contribution in [0.1, 0.15) is 54.6 Å². The molecular weight excluding hydrogens is 342 g/mol. The molecule has 6 nitrogen and oxygen atoms in total. The van der Waals surface area contributed by atoms with Gasteiger partial charge < -0.3 is 14.2 Å². The van der Waals surface area contributed by atoms with E-state index in [1.54, 1.807) is 12.3 Å². The van der Waals surface area contributed by atoms with Gasteiger partial charge in [-0.3, -0.25) is 14.5 Å². The van der Waals surface area contributed by atoms with Gasteiger partial charge in [0.15, 0.2) is 0 Å². The Hall–Kier alpha value is -1.82. The minimum Gasteiger partial charge on any atom is -0.469 e. The fourth-order valence-corrected chi connectivity index (χ4v) is 4.95. The van der Waals surface area contributed by atoms with E-state index in [4.69, 9.17) is 4.42 Å². The van der Waals surface area contributed by atoms with Crippen molar-refractivity contribution >= 4 is 11.8 Å². The third kappa shape index (κ3) is 3.91. The molecule has 3 aliphatic heterocycles. The Kier molecular flexibility index (Phi) is 5.53. The normalized spacial score (nSPS) is 25.1. The van der Waals surface area contributed by atoms with E-state index >= 15 is 0 Å². The monoisotopic (exact) mass is 373 g/mol. The zero-order chi connectivity index (χ0) is 18.8. The van der Waals surface area contributed by atoms with Crippen LogP contribution < -0.4 is 0 Å². The standard InChI is InChI=1S/C21H31N3O3/c1-16-19(8-14-27-16)21(26)23-12-6-18(7-13-23)24-11-4-5-17(15-24)20(25)22-9-2-3-10-22/h8,14,17-18H,2-7,9-13,15H2,1H3/t17-/m1/s1. The van der Waals surface area contributed by atoms with Gasteiger partial charge >= 0.3 is 0 Å². The highest BCUT2D eigenvalue weighted by atomic mass is 16.3. The molecule has 1 atom stereocenters. The molecule has 4 heterocycles. The Morgan fingerprint density at radius 1 is 0.963 bits per heavy atom. The van der Waals surface area contributed by atoms with E-state index in [-0.39, 0.29) is 11.8 Å². The average Bonchev–Trinajstić information content (AvgIpc) is 3.39. The molecule has 0 saturated carbocycles. The zero-order valence-electron chi connectivity index (χ0n) is 16.4. The summed E-state index contributed by atoms with van der Waals surface area (Å²) in [6.45, 7) is 7.29. The predicted molar refractivity (Wildman–Crippen MR) is 102 cm³/mol. The van der Waals surface area contributed by atoms with Gasteiger partial charge in [-0.15, -0.1) is 0 Å². The summed E-state index contributed by atoms with van der Waals surface area (Å²) in [6, 6.07) is 2.26. The Labute approximate surface area is 161 Å². The number of aryl methyl sites for hydroxylation is 1. The summed E-state index contributed by atoms with van der Waals surface area (Å²) in [4.78, 5) is 32.0. The molecule has 6 heteroatoms. The highest BCUT2D eigenvalue weighted by Gasteiger charge is 2.35. The second kappa shape index (κ2) is 8.05. The van der Waals surface area contributed by atoms with E-state index in [2.05, 4.69) is 9.80 Å². The summed E-state index contributed by atoms with van der Waals surface area (Å²) in [7, 11) is 0. The van der Waals surface area contributed by atoms with Gasteiger partial charge in [0.1, 0.15) is 5.76 Å². The van der Waals surface area contributed by atoms with E-state index in [0.717, 1.165) is 77.8 Å². The molecule has 2 amide bonds. The van der Waals surface area contributed by atoms with Crippen LogP contribution in [0.25, 0.3) is 0 Å². The number of likely N-dealkylation sites (tertiary alicyclic amines) is 3. The lowest BCUT2D eigenvalue weighted by molar-refractivity contribution is -0.136. The summed E-state index contributed by atoms with van der Waals surface area (Å²) in [5, 5.41) is 0. The number of amides is 2. The van der Waals surface area contributed by atoms with Gasteiger partial charge in [-0.1, -0.05) is 0 Å². The summed E-state index contributed by atoms with van der Waals surface area (Å²) >= 11 is 0. The van der Waals surface area contributed by atoms with E-state index in [1.807, 2.05) is 11.8 Å². The Morgan fingerprint density at radius 3 is 2.37 bits per heavy atom. The number of piperidine rings is 2. The maximum atomic E-state index is 12.8. The summed E-state index contributed by atoms with van der Waals surface area (Å²) in [6.07, 6.45) is 8.03. The van der Waals surface area contributed by atoms with E-state index in [9.17, 15) is 9.59 Å². The Morgan fingerprint density at radius 2 is 1.70 bits per heavy atom. The number of carbonyl (C=O) groups is 2. The second-order valence-corrected chi connectivity index (χ2v) is 8.28. The number of carbonyl (C=O) groups excluding carboxylic acids is 2. The van der Waals surface area contributed by atoms with Crippen molar-refractivity contribution in [3.05, 3.63) is 23.7 Å². The molecule has 0 N–H and O–H groups in total. The van der Waals surface area contributed by atoms with Crippen molar-refractivity contribution in [2.45, 2.75) is 51.5 Å². The van der Waals surface area contributed by atoms with Gasteiger partial charge in [0, 0.05) is 38.8 Å². The predicted octanol–water partition coefficient (Wildman–Crippen LogP) is 2.53. The van der Waals surface area contributed by atoms with Crippen molar-refractivity contribution in [2.75, 3.05) is 39.3 Å². The molecular formula is C21H31N3O3. The van der Waals surface area contributed by atoms with Crippen molar-refractivity contribution in [3.8, 4) is 0 Å². The minimum absolute atomic E-state index is 0.0837. The fraction of sp³-hybridized carbons (Fsp3) is 0.714. The first kappa shape index (κ1) is 18.5. The highest BCUT2D eigenvalue weighted by molar-refractivity contribution is 5.95. The molecule has 0 radical (unpaired) electrons. The molecule has 1 aromatic rings. The molecule has 1 aromatic heterocycles. The van der Waals surface area contributed by atoms with Crippen LogP contribution in [0.3, 0.4) is 0 Å². The van der Waals surface area contributed by atoms with Crippen LogP contribution in [-0.4, -0.2) is 71.8 Å². The number of rotatable bonds is 3. The van der Waals surface area contributed by atoms with E-state index in [1.165, 1.54) is 0 Å². The van der Waals surface area contributed by atoms with Crippen molar-refractivity contribution in [1.29, 1.82) is 0 Å². The smallest absolute Gasteiger partial charge is 0.257 e. The Balaban J connectivity index is 1.30. The molecule has 3 aliphatic rings. The van der Waals surface area contributed by atoms with Crippen LogP contribution in [0.2, 0.25) is 0 Å². The van der Waals surface area contributed by atoms with Gasteiger partial charge in [-0.05, 0) is 58.1 Å². The van der Waals surface area contributed by atoms with Crippen LogP contribution in [0.5, 0.6) is 0 Å². The maximum absolute atomic E-state index is 12.8. The Bertz CT molecular complexity index is 672. The molecule has 148 valence electrons. The summed E-state index contributed by atoms with van der Waals surface area (Å²) in [5.41, 5.74) is 0.683. The van der Waals surface area contributed by atoms with E-state index in [0.29, 0.717) is 23.3 Å². The minimum atomic E-state index is 0.0837. The third-order valence-corrected chi connectivity index (χ3v) is 6.58. The molecule has 3 fully saturated rings. The first-order valence-electron chi connectivity index (χ1n) is 10.5. The highest BCUT2D eigenvalue weighted by Crippen LogP contribution is 2.27. The van der Waals surface area contributed by atoms with Crippen molar-refractivity contribution < 1.29 is 14.0 Å². The first-order chi connectivity index (χ1) is 13.1. The zero-order valence-corrected chi connectivity index (χ0v) is 16.4. The van der Waals surface area contributed by atoms with Crippen molar-refractivity contribution in [1.82, 2.24) is 14.7 Å². The molecule has 0 spiro atoms.